The number of rotatable bonds is 8. The van der Waals surface area contributed by atoms with E-state index in [0.29, 0.717) is 19.4 Å². The van der Waals surface area contributed by atoms with Gasteiger partial charge in [-0.05, 0) is 49.3 Å². The van der Waals surface area contributed by atoms with Gasteiger partial charge >= 0.3 is 0 Å². The second kappa shape index (κ2) is 10.1. The molecule has 4 nitrogen and oxygen atoms in total. The summed E-state index contributed by atoms with van der Waals surface area (Å²) in [7, 11) is 0. The molecular formula is C28H32N2O2. The van der Waals surface area contributed by atoms with E-state index in [1.54, 1.807) is 0 Å². The van der Waals surface area contributed by atoms with Crippen molar-refractivity contribution in [1.82, 2.24) is 4.98 Å². The molecule has 3 aromatic rings. The first-order valence-corrected chi connectivity index (χ1v) is 11.8. The smallest absolute Gasteiger partial charge is 0.149 e. The second-order valence-corrected chi connectivity index (χ2v) is 8.88. The monoisotopic (exact) mass is 428 g/mol. The molecule has 32 heavy (non-hydrogen) atoms. The Kier molecular flexibility index (Phi) is 6.99. The van der Waals surface area contributed by atoms with E-state index in [0.717, 1.165) is 48.2 Å². The zero-order chi connectivity index (χ0) is 22.5. The SMILES string of the molecule is CCCCC(=NCCc1c(C)[nH]c2ccccc12)C1C(=O)CC(c2ccccc2)CC1=O. The number of carbonyl (C=O) groups excluding carboxylic acids is 2. The quantitative estimate of drug-likeness (QED) is 0.354. The first kappa shape index (κ1) is 22.2. The summed E-state index contributed by atoms with van der Waals surface area (Å²) in [5.74, 6) is -0.583. The number of aryl methyl sites for hydroxylation is 1. The fraction of sp³-hybridized carbons (Fsp3) is 0.393. The van der Waals surface area contributed by atoms with Gasteiger partial charge in [0, 0.05) is 41.7 Å². The Balaban J connectivity index is 1.51. The summed E-state index contributed by atoms with van der Waals surface area (Å²) < 4.78 is 0. The van der Waals surface area contributed by atoms with Gasteiger partial charge in [0.25, 0.3) is 0 Å². The van der Waals surface area contributed by atoms with Crippen LogP contribution in [-0.2, 0) is 16.0 Å². The molecule has 0 amide bonds. The van der Waals surface area contributed by atoms with Crippen molar-refractivity contribution in [2.75, 3.05) is 6.54 Å². The number of H-pyrrole nitrogens is 1. The highest BCUT2D eigenvalue weighted by Gasteiger charge is 2.38. The molecular weight excluding hydrogens is 396 g/mol. The fourth-order valence-electron chi connectivity index (χ4n) is 4.95. The van der Waals surface area contributed by atoms with Gasteiger partial charge in [-0.25, -0.2) is 0 Å². The topological polar surface area (TPSA) is 62.3 Å². The van der Waals surface area contributed by atoms with Crippen LogP contribution >= 0.6 is 0 Å². The molecule has 1 aromatic heterocycles. The molecule has 4 heteroatoms. The number of nitrogens with zero attached hydrogens (tertiary/aromatic N) is 1. The van der Waals surface area contributed by atoms with Crippen LogP contribution in [0.1, 0.15) is 61.8 Å². The standard InChI is InChI=1S/C28H32N2O2/c1-3-4-13-25(29-16-15-22-19(2)30-24-14-9-8-12-23(22)24)28-26(31)17-21(18-27(28)32)20-10-6-5-7-11-20/h5-12,14,21,28,30H,3-4,13,15-18H2,1-2H3. The van der Waals surface area contributed by atoms with Crippen LogP contribution in [0.5, 0.6) is 0 Å². The minimum absolute atomic E-state index is 0.00579. The number of para-hydroxylation sites is 1. The molecule has 0 unspecified atom stereocenters. The second-order valence-electron chi connectivity index (χ2n) is 8.88. The molecule has 2 aromatic carbocycles. The van der Waals surface area contributed by atoms with E-state index in [-0.39, 0.29) is 17.5 Å². The Bertz CT molecular complexity index is 1110. The first-order chi connectivity index (χ1) is 15.6. The normalized spacial score (nSPS) is 19.6. The summed E-state index contributed by atoms with van der Waals surface area (Å²) in [4.78, 5) is 34.5. The number of carbonyl (C=O) groups is 2. The summed E-state index contributed by atoms with van der Waals surface area (Å²) in [5, 5.41) is 1.23. The lowest BCUT2D eigenvalue weighted by atomic mass is 9.74. The van der Waals surface area contributed by atoms with Crippen molar-refractivity contribution in [3.8, 4) is 0 Å². The molecule has 1 saturated carbocycles. The Morgan fingerprint density at radius 1 is 1.00 bits per heavy atom. The Morgan fingerprint density at radius 3 is 2.41 bits per heavy atom. The van der Waals surface area contributed by atoms with Crippen LogP contribution in [0.25, 0.3) is 10.9 Å². The van der Waals surface area contributed by atoms with Gasteiger partial charge in [-0.2, -0.15) is 0 Å². The number of aromatic nitrogens is 1. The minimum atomic E-state index is -0.648. The van der Waals surface area contributed by atoms with E-state index in [9.17, 15) is 9.59 Å². The molecule has 1 heterocycles. The van der Waals surface area contributed by atoms with Crippen molar-refractivity contribution in [1.29, 1.82) is 0 Å². The van der Waals surface area contributed by atoms with Gasteiger partial charge < -0.3 is 4.98 Å². The van der Waals surface area contributed by atoms with Gasteiger partial charge in [0.1, 0.15) is 17.5 Å². The Labute approximate surface area is 190 Å². The molecule has 1 aliphatic rings. The maximum atomic E-state index is 13.1. The number of hydrogen-bond acceptors (Lipinski definition) is 3. The summed E-state index contributed by atoms with van der Waals surface area (Å²) in [6, 6.07) is 18.2. The lowest BCUT2D eigenvalue weighted by Gasteiger charge is -2.27. The van der Waals surface area contributed by atoms with Crippen molar-refractivity contribution in [2.24, 2.45) is 10.9 Å². The van der Waals surface area contributed by atoms with E-state index in [2.05, 4.69) is 37.0 Å². The molecule has 0 aliphatic heterocycles. The summed E-state index contributed by atoms with van der Waals surface area (Å²) >= 11 is 0. The van der Waals surface area contributed by atoms with Crippen molar-refractivity contribution >= 4 is 28.2 Å². The van der Waals surface area contributed by atoms with Crippen molar-refractivity contribution in [3.05, 3.63) is 71.4 Å². The van der Waals surface area contributed by atoms with Crippen LogP contribution in [0.4, 0.5) is 0 Å². The van der Waals surface area contributed by atoms with Crippen molar-refractivity contribution in [2.45, 2.75) is 58.3 Å². The number of ketones is 2. The van der Waals surface area contributed by atoms with Crippen LogP contribution in [0, 0.1) is 12.8 Å². The molecule has 1 aliphatic carbocycles. The predicted octanol–water partition coefficient (Wildman–Crippen LogP) is 5.98. The number of Topliss-reactive ketones (excluding diaryl/α,β-unsaturated/α-hetero) is 2. The lowest BCUT2D eigenvalue weighted by Crippen LogP contribution is -2.38. The third-order valence-corrected chi connectivity index (χ3v) is 6.63. The van der Waals surface area contributed by atoms with E-state index in [1.807, 2.05) is 36.4 Å². The summed E-state index contributed by atoms with van der Waals surface area (Å²) in [6.45, 7) is 4.82. The first-order valence-electron chi connectivity index (χ1n) is 11.8. The van der Waals surface area contributed by atoms with Crippen LogP contribution in [0.15, 0.2) is 59.6 Å². The van der Waals surface area contributed by atoms with E-state index < -0.39 is 5.92 Å². The number of aromatic amines is 1. The van der Waals surface area contributed by atoms with E-state index in [1.165, 1.54) is 10.9 Å². The van der Waals surface area contributed by atoms with Gasteiger partial charge in [-0.1, -0.05) is 61.9 Å². The molecule has 4 rings (SSSR count). The number of aliphatic imine (C=N–C) groups is 1. The maximum Gasteiger partial charge on any atom is 0.149 e. The molecule has 0 atom stereocenters. The molecule has 0 radical (unpaired) electrons. The Hall–Kier alpha value is -3.01. The average Bonchev–Trinajstić information content (AvgIpc) is 3.12. The highest BCUT2D eigenvalue weighted by molar-refractivity contribution is 6.22. The predicted molar refractivity (Wildman–Crippen MR) is 130 cm³/mol. The van der Waals surface area contributed by atoms with Gasteiger partial charge in [-0.3, -0.25) is 14.6 Å². The van der Waals surface area contributed by atoms with Crippen LogP contribution in [-0.4, -0.2) is 28.8 Å². The third kappa shape index (κ3) is 4.74. The molecule has 0 bridgehead atoms. The third-order valence-electron chi connectivity index (χ3n) is 6.63. The number of unbranched alkanes of at least 4 members (excludes halogenated alkanes) is 1. The number of hydrogen-bond donors (Lipinski definition) is 1. The van der Waals surface area contributed by atoms with Crippen LogP contribution < -0.4 is 0 Å². The average molecular weight is 429 g/mol. The molecule has 0 spiro atoms. The zero-order valence-electron chi connectivity index (χ0n) is 19.1. The number of nitrogens with one attached hydrogen (secondary N) is 1. The highest BCUT2D eigenvalue weighted by atomic mass is 16.2. The lowest BCUT2D eigenvalue weighted by molar-refractivity contribution is -0.133. The van der Waals surface area contributed by atoms with Crippen LogP contribution in [0.2, 0.25) is 0 Å². The molecule has 0 saturated heterocycles. The van der Waals surface area contributed by atoms with Crippen molar-refractivity contribution < 1.29 is 9.59 Å². The van der Waals surface area contributed by atoms with Gasteiger partial charge in [0.05, 0.1) is 0 Å². The van der Waals surface area contributed by atoms with Gasteiger partial charge in [-0.15, -0.1) is 0 Å². The molecule has 166 valence electrons. The fourth-order valence-corrected chi connectivity index (χ4v) is 4.95. The summed E-state index contributed by atoms with van der Waals surface area (Å²) in [6.07, 6.45) is 4.33. The van der Waals surface area contributed by atoms with E-state index >= 15 is 0 Å². The van der Waals surface area contributed by atoms with E-state index in [4.69, 9.17) is 4.99 Å². The van der Waals surface area contributed by atoms with Crippen LogP contribution in [0.3, 0.4) is 0 Å². The van der Waals surface area contributed by atoms with Crippen molar-refractivity contribution in [3.63, 3.8) is 0 Å². The highest BCUT2D eigenvalue weighted by Crippen LogP contribution is 2.33. The number of fused-ring (bicyclic) bond motifs is 1. The zero-order valence-corrected chi connectivity index (χ0v) is 19.1. The molecule has 1 N–H and O–H groups in total. The maximum absolute atomic E-state index is 13.1. The molecule has 1 fully saturated rings. The number of benzene rings is 2. The minimum Gasteiger partial charge on any atom is -0.358 e. The van der Waals surface area contributed by atoms with Gasteiger partial charge in [0.15, 0.2) is 0 Å². The Morgan fingerprint density at radius 2 is 1.69 bits per heavy atom. The van der Waals surface area contributed by atoms with Gasteiger partial charge in [0.2, 0.25) is 0 Å². The largest absolute Gasteiger partial charge is 0.358 e. The summed E-state index contributed by atoms with van der Waals surface area (Å²) in [5.41, 5.74) is 5.44.